The lowest BCUT2D eigenvalue weighted by Gasteiger charge is -2.01. The van der Waals surface area contributed by atoms with Crippen molar-refractivity contribution in [3.63, 3.8) is 0 Å². The maximum absolute atomic E-state index is 12.8. The molecule has 0 aliphatic carbocycles. The lowest BCUT2D eigenvalue weighted by molar-refractivity contribution is -0.690. The van der Waals surface area contributed by atoms with E-state index in [4.69, 9.17) is 11.6 Å². The highest BCUT2D eigenvalue weighted by atomic mass is 35.5. The van der Waals surface area contributed by atoms with Crippen molar-refractivity contribution in [1.82, 2.24) is 9.55 Å². The average molecular weight is 450 g/mol. The second-order valence-electron chi connectivity index (χ2n) is 7.77. The minimum Gasteiger partial charge on any atom is -0.299 e. The van der Waals surface area contributed by atoms with Crippen LogP contribution in [0.4, 0.5) is 5.13 Å². The summed E-state index contributed by atoms with van der Waals surface area (Å²) in [5.41, 5.74) is 5.39. The Bertz CT molecular complexity index is 1240. The lowest BCUT2D eigenvalue weighted by atomic mass is 10.1. The summed E-state index contributed by atoms with van der Waals surface area (Å²) in [7, 11) is 0. The zero-order chi connectivity index (χ0) is 21.4. The molecule has 3 heterocycles. The molecule has 7 heteroatoms. The molecule has 2 aromatic heterocycles. The van der Waals surface area contributed by atoms with Gasteiger partial charge in [-0.15, -0.1) is 11.3 Å². The van der Waals surface area contributed by atoms with Crippen LogP contribution in [0.3, 0.4) is 0 Å². The van der Waals surface area contributed by atoms with Gasteiger partial charge in [-0.3, -0.25) is 10.1 Å². The third-order valence-corrected chi connectivity index (χ3v) is 6.56. The van der Waals surface area contributed by atoms with E-state index in [1.807, 2.05) is 29.6 Å². The molecule has 5 rings (SSSR count). The lowest BCUT2D eigenvalue weighted by Crippen LogP contribution is -2.42. The minimum absolute atomic E-state index is 0.0715. The Morgan fingerprint density at radius 3 is 2.68 bits per heavy atom. The third-order valence-electron chi connectivity index (χ3n) is 5.55. The molecule has 156 valence electrons. The van der Waals surface area contributed by atoms with Gasteiger partial charge in [-0.05, 0) is 25.5 Å². The predicted octanol–water partition coefficient (Wildman–Crippen LogP) is 5.11. The van der Waals surface area contributed by atoms with Crippen LogP contribution >= 0.6 is 22.9 Å². The first kappa shape index (κ1) is 20.0. The maximum Gasteiger partial charge on any atom is 0.268 e. The van der Waals surface area contributed by atoms with Gasteiger partial charge in [-0.25, -0.2) is 14.1 Å². The summed E-state index contributed by atoms with van der Waals surface area (Å²) in [5, 5.41) is 6.19. The van der Waals surface area contributed by atoms with Crippen LogP contribution in [0.15, 0.2) is 60.1 Å². The average Bonchev–Trinajstić information content (AvgIpc) is 3.48. The van der Waals surface area contributed by atoms with Gasteiger partial charge in [0.25, 0.3) is 11.7 Å². The monoisotopic (exact) mass is 449 g/mol. The molecular weight excluding hydrogens is 428 g/mol. The second kappa shape index (κ2) is 8.29. The van der Waals surface area contributed by atoms with Gasteiger partial charge in [0, 0.05) is 21.5 Å². The van der Waals surface area contributed by atoms with E-state index in [0.29, 0.717) is 10.2 Å². The summed E-state index contributed by atoms with van der Waals surface area (Å²) >= 11 is 7.39. The molecule has 0 radical (unpaired) electrons. The van der Waals surface area contributed by atoms with Crippen molar-refractivity contribution >= 4 is 34.0 Å². The number of halogens is 1. The molecule has 0 atom stereocenters. The second-order valence-corrected chi connectivity index (χ2v) is 9.07. The summed E-state index contributed by atoms with van der Waals surface area (Å²) < 4.78 is 4.41. The number of nitrogens with one attached hydrogen (secondary N) is 1. The van der Waals surface area contributed by atoms with Crippen LogP contribution in [-0.2, 0) is 24.3 Å². The molecule has 1 N–H and O–H groups in total. The van der Waals surface area contributed by atoms with E-state index in [9.17, 15) is 4.79 Å². The van der Waals surface area contributed by atoms with Crippen molar-refractivity contribution in [2.24, 2.45) is 0 Å². The Labute approximate surface area is 190 Å². The third kappa shape index (κ3) is 4.13. The van der Waals surface area contributed by atoms with Gasteiger partial charge in [0.15, 0.2) is 17.4 Å². The Morgan fingerprint density at radius 2 is 1.90 bits per heavy atom. The van der Waals surface area contributed by atoms with Crippen LogP contribution in [0.5, 0.6) is 0 Å². The standard InChI is InChI=1S/C24H21ClN4OS/c1-16-4-6-18(7-5-16)21-13-28(23-3-2-12-29(21)23)14-22(30)27-24-26-20(15-31-24)17-8-10-19(25)11-9-17/h4-11,13,15H,2-3,12,14H2,1H3/p+1. The number of aromatic nitrogens is 3. The van der Waals surface area contributed by atoms with Crippen molar-refractivity contribution in [2.45, 2.75) is 32.9 Å². The van der Waals surface area contributed by atoms with Crippen LogP contribution in [-0.4, -0.2) is 15.5 Å². The highest BCUT2D eigenvalue weighted by Gasteiger charge is 2.29. The van der Waals surface area contributed by atoms with Crippen LogP contribution in [0.25, 0.3) is 22.5 Å². The molecule has 0 saturated carbocycles. The molecule has 1 amide bonds. The summed E-state index contributed by atoms with van der Waals surface area (Å²) in [5.74, 6) is 1.13. The molecule has 0 fully saturated rings. The number of imidazole rings is 1. The van der Waals surface area contributed by atoms with E-state index in [2.05, 4.69) is 56.8 Å². The molecular formula is C24H22ClN4OS+. The van der Waals surface area contributed by atoms with Crippen LogP contribution < -0.4 is 9.88 Å². The minimum atomic E-state index is -0.0715. The highest BCUT2D eigenvalue weighted by molar-refractivity contribution is 7.14. The van der Waals surface area contributed by atoms with Crippen molar-refractivity contribution < 1.29 is 9.36 Å². The van der Waals surface area contributed by atoms with Gasteiger partial charge >= 0.3 is 0 Å². The first-order valence-corrected chi connectivity index (χ1v) is 11.5. The normalized spacial score (nSPS) is 12.7. The quantitative estimate of drug-likeness (QED) is 0.430. The number of thiazole rings is 1. The molecule has 0 bridgehead atoms. The topological polar surface area (TPSA) is 50.8 Å². The van der Waals surface area contributed by atoms with E-state index in [0.717, 1.165) is 30.6 Å². The molecule has 0 spiro atoms. The van der Waals surface area contributed by atoms with E-state index >= 15 is 0 Å². The van der Waals surface area contributed by atoms with Crippen LogP contribution in [0.1, 0.15) is 17.8 Å². The van der Waals surface area contributed by atoms with Crippen molar-refractivity contribution in [3.05, 3.63) is 76.5 Å². The largest absolute Gasteiger partial charge is 0.299 e. The fourth-order valence-corrected chi connectivity index (χ4v) is 4.86. The summed E-state index contributed by atoms with van der Waals surface area (Å²) in [6.07, 6.45) is 4.18. The maximum atomic E-state index is 12.8. The number of benzene rings is 2. The van der Waals surface area contributed by atoms with Crippen molar-refractivity contribution in [3.8, 4) is 22.5 Å². The zero-order valence-corrected chi connectivity index (χ0v) is 18.7. The smallest absolute Gasteiger partial charge is 0.268 e. The van der Waals surface area contributed by atoms with Gasteiger partial charge in [-0.2, -0.15) is 0 Å². The Kier molecular flexibility index (Phi) is 5.34. The Balaban J connectivity index is 1.33. The molecule has 0 unspecified atom stereocenters. The molecule has 1 aliphatic heterocycles. The van der Waals surface area contributed by atoms with Gasteiger partial charge in [-0.1, -0.05) is 53.6 Å². The first-order chi connectivity index (χ1) is 15.1. The number of carbonyl (C=O) groups excluding carboxylic acids is 1. The first-order valence-electron chi connectivity index (χ1n) is 10.3. The predicted molar refractivity (Wildman–Crippen MR) is 124 cm³/mol. The van der Waals surface area contributed by atoms with Gasteiger partial charge in [0.2, 0.25) is 0 Å². The summed E-state index contributed by atoms with van der Waals surface area (Å²) in [4.78, 5) is 17.3. The van der Waals surface area contributed by atoms with E-state index in [1.54, 1.807) is 0 Å². The number of hydrogen-bond donors (Lipinski definition) is 1. The summed E-state index contributed by atoms with van der Waals surface area (Å²) in [6, 6.07) is 16.1. The van der Waals surface area contributed by atoms with E-state index in [1.165, 1.54) is 34.0 Å². The number of hydrogen-bond acceptors (Lipinski definition) is 3. The number of nitrogens with zero attached hydrogens (tertiary/aromatic N) is 3. The number of rotatable bonds is 5. The van der Waals surface area contributed by atoms with E-state index < -0.39 is 0 Å². The van der Waals surface area contributed by atoms with Gasteiger partial charge in [0.1, 0.15) is 6.20 Å². The number of amides is 1. The van der Waals surface area contributed by atoms with Gasteiger partial charge in [0.05, 0.1) is 18.7 Å². The number of anilines is 1. The summed E-state index contributed by atoms with van der Waals surface area (Å²) in [6.45, 7) is 3.36. The van der Waals surface area contributed by atoms with Gasteiger partial charge < -0.3 is 0 Å². The van der Waals surface area contributed by atoms with Crippen LogP contribution in [0.2, 0.25) is 5.02 Å². The Hall–Kier alpha value is -2.96. The van der Waals surface area contributed by atoms with Crippen LogP contribution in [0, 0.1) is 6.92 Å². The fourth-order valence-electron chi connectivity index (χ4n) is 4.00. The van der Waals surface area contributed by atoms with E-state index in [-0.39, 0.29) is 12.5 Å². The zero-order valence-electron chi connectivity index (χ0n) is 17.1. The molecule has 2 aromatic carbocycles. The van der Waals surface area contributed by atoms with Crippen molar-refractivity contribution in [1.29, 1.82) is 0 Å². The Morgan fingerprint density at radius 1 is 1.16 bits per heavy atom. The molecule has 0 saturated heterocycles. The fraction of sp³-hybridized carbons (Fsp3) is 0.208. The number of aryl methyl sites for hydroxylation is 1. The SMILES string of the molecule is Cc1ccc(-c2c[n+](CC(=O)Nc3nc(-c4ccc(Cl)cc4)cs3)c3n2CCC3)cc1. The number of fused-ring (bicyclic) bond motifs is 1. The number of carbonyl (C=O) groups is 1. The molecule has 31 heavy (non-hydrogen) atoms. The highest BCUT2D eigenvalue weighted by Crippen LogP contribution is 2.27. The molecule has 5 nitrogen and oxygen atoms in total. The van der Waals surface area contributed by atoms with Crippen molar-refractivity contribution in [2.75, 3.05) is 5.32 Å². The molecule has 4 aromatic rings. The molecule has 1 aliphatic rings.